The summed E-state index contributed by atoms with van der Waals surface area (Å²) in [6.07, 6.45) is 13.3. The van der Waals surface area contributed by atoms with E-state index in [-0.39, 0.29) is 24.2 Å². The second-order valence-electron chi connectivity index (χ2n) is 10.5. The molecule has 0 aromatic heterocycles. The normalized spacial score (nSPS) is 20.9. The van der Waals surface area contributed by atoms with Crippen LogP contribution in [0, 0.1) is 10.1 Å². The van der Waals surface area contributed by atoms with Crippen LogP contribution in [0.15, 0.2) is 50.8 Å². The minimum absolute atomic E-state index is 0.0172. The third kappa shape index (κ3) is 6.71. The lowest BCUT2D eigenvalue weighted by Gasteiger charge is -2.31. The van der Waals surface area contributed by atoms with Crippen LogP contribution in [-0.2, 0) is 11.4 Å². The highest BCUT2D eigenvalue weighted by molar-refractivity contribution is 9.10. The van der Waals surface area contributed by atoms with Gasteiger partial charge in [0.15, 0.2) is 16.7 Å². The van der Waals surface area contributed by atoms with Gasteiger partial charge in [0.05, 0.1) is 23.0 Å². The van der Waals surface area contributed by atoms with Gasteiger partial charge in [-0.25, -0.2) is 0 Å². The van der Waals surface area contributed by atoms with Crippen molar-refractivity contribution in [2.24, 2.45) is 4.99 Å². The van der Waals surface area contributed by atoms with Crippen LogP contribution in [0.2, 0.25) is 0 Å². The zero-order chi connectivity index (χ0) is 28.1. The number of benzene rings is 2. The fourth-order valence-electron chi connectivity index (χ4n) is 5.60. The minimum Gasteiger partial charge on any atom is -0.493 e. The Kier molecular flexibility index (Phi) is 9.47. The molecule has 1 aliphatic heterocycles. The van der Waals surface area contributed by atoms with Crippen molar-refractivity contribution in [1.82, 2.24) is 4.90 Å². The smallest absolute Gasteiger partial charge is 0.269 e. The zero-order valence-corrected chi connectivity index (χ0v) is 25.0. The summed E-state index contributed by atoms with van der Waals surface area (Å²) >= 11 is 5.13. The molecule has 0 bridgehead atoms. The van der Waals surface area contributed by atoms with Crippen LogP contribution in [0.5, 0.6) is 11.5 Å². The van der Waals surface area contributed by atoms with E-state index in [2.05, 4.69) is 15.9 Å². The monoisotopic (exact) mass is 627 g/mol. The fraction of sp³-hybridized carbons (Fsp3) is 0.467. The number of amidine groups is 1. The molecule has 0 N–H and O–H groups in total. The van der Waals surface area contributed by atoms with Crippen LogP contribution in [-0.4, -0.2) is 40.1 Å². The van der Waals surface area contributed by atoms with Gasteiger partial charge in [0.2, 0.25) is 0 Å². The summed E-state index contributed by atoms with van der Waals surface area (Å²) in [5.41, 5.74) is 1.50. The van der Waals surface area contributed by atoms with Gasteiger partial charge in [-0.15, -0.1) is 0 Å². The minimum atomic E-state index is -0.425. The third-order valence-corrected chi connectivity index (χ3v) is 9.41. The van der Waals surface area contributed by atoms with Gasteiger partial charge in [0.25, 0.3) is 11.6 Å². The molecule has 1 heterocycles. The first-order chi connectivity index (χ1) is 19.4. The van der Waals surface area contributed by atoms with Gasteiger partial charge in [-0.2, -0.15) is 0 Å². The molecule has 1 saturated heterocycles. The quantitative estimate of drug-likeness (QED) is 0.168. The molecule has 0 spiro atoms. The summed E-state index contributed by atoms with van der Waals surface area (Å²) in [7, 11) is 1.57. The highest BCUT2D eigenvalue weighted by Crippen LogP contribution is 2.41. The highest BCUT2D eigenvalue weighted by Gasteiger charge is 2.39. The van der Waals surface area contributed by atoms with E-state index in [0.29, 0.717) is 28.0 Å². The standard InChI is InChI=1S/C30H34BrN3O5S/c1-38-26-16-21(25(31)18-27(26)39-19-20-9-8-14-24(15-20)34(36)37)17-28-29(35)33(23-12-6-3-7-13-23)30(40-28)32-22-10-4-2-5-11-22/h8-9,14-18,22-23H,2-7,10-13,19H2,1H3. The number of aliphatic imine (C=N–C) groups is 1. The Bertz CT molecular complexity index is 1320. The van der Waals surface area contributed by atoms with Crippen LogP contribution in [0.3, 0.4) is 0 Å². The Morgan fingerprint density at radius 3 is 2.50 bits per heavy atom. The van der Waals surface area contributed by atoms with Crippen LogP contribution in [0.1, 0.15) is 75.3 Å². The molecular weight excluding hydrogens is 594 g/mol. The average Bonchev–Trinajstić information content (AvgIpc) is 3.27. The molecule has 0 unspecified atom stereocenters. The average molecular weight is 629 g/mol. The van der Waals surface area contributed by atoms with E-state index in [1.165, 1.54) is 49.6 Å². The SMILES string of the molecule is COc1cc(C=C2SC(=NC3CCCCC3)N(C3CCCCC3)C2=O)c(Br)cc1OCc1cccc([N+](=O)[O-])c1. The second-order valence-corrected chi connectivity index (χ2v) is 12.4. The number of thioether (sulfide) groups is 1. The van der Waals surface area contributed by atoms with Gasteiger partial charge in [0.1, 0.15) is 6.61 Å². The first-order valence-corrected chi connectivity index (χ1v) is 15.6. The fourth-order valence-corrected chi connectivity index (χ4v) is 7.14. The number of rotatable bonds is 8. The van der Waals surface area contributed by atoms with Crippen molar-refractivity contribution < 1.29 is 19.2 Å². The Hall–Kier alpha value is -2.85. The van der Waals surface area contributed by atoms with E-state index in [9.17, 15) is 14.9 Å². The van der Waals surface area contributed by atoms with Crippen molar-refractivity contribution in [3.05, 3.63) is 67.0 Å². The Balaban J connectivity index is 1.39. The van der Waals surface area contributed by atoms with Crippen molar-refractivity contribution >= 4 is 50.5 Å². The van der Waals surface area contributed by atoms with Crippen molar-refractivity contribution in [1.29, 1.82) is 0 Å². The number of amides is 1. The summed E-state index contributed by atoms with van der Waals surface area (Å²) in [5, 5.41) is 12.0. The third-order valence-electron chi connectivity index (χ3n) is 7.73. The molecule has 5 rings (SSSR count). The van der Waals surface area contributed by atoms with E-state index >= 15 is 0 Å². The van der Waals surface area contributed by atoms with Gasteiger partial charge < -0.3 is 9.47 Å². The van der Waals surface area contributed by atoms with Crippen LogP contribution in [0.25, 0.3) is 6.08 Å². The predicted molar refractivity (Wildman–Crippen MR) is 162 cm³/mol. The maximum Gasteiger partial charge on any atom is 0.269 e. The van der Waals surface area contributed by atoms with Gasteiger partial charge in [0, 0.05) is 22.6 Å². The molecule has 10 heteroatoms. The van der Waals surface area contributed by atoms with E-state index in [4.69, 9.17) is 14.5 Å². The molecule has 40 heavy (non-hydrogen) atoms. The summed E-state index contributed by atoms with van der Waals surface area (Å²) in [5.74, 6) is 1.04. The van der Waals surface area contributed by atoms with Crippen LogP contribution >= 0.6 is 27.7 Å². The Morgan fingerprint density at radius 1 is 1.07 bits per heavy atom. The number of nitrogens with zero attached hydrogens (tertiary/aromatic N) is 3. The van der Waals surface area contributed by atoms with Crippen LogP contribution < -0.4 is 9.47 Å². The molecule has 8 nitrogen and oxygen atoms in total. The van der Waals surface area contributed by atoms with Gasteiger partial charge in [-0.1, -0.05) is 66.6 Å². The molecule has 0 atom stereocenters. The number of ether oxygens (including phenoxy) is 2. The van der Waals surface area contributed by atoms with E-state index in [0.717, 1.165) is 53.7 Å². The van der Waals surface area contributed by atoms with E-state index in [1.54, 1.807) is 19.2 Å². The number of hydrogen-bond acceptors (Lipinski definition) is 7. The van der Waals surface area contributed by atoms with E-state index in [1.807, 2.05) is 23.1 Å². The molecule has 0 radical (unpaired) electrons. The summed E-state index contributed by atoms with van der Waals surface area (Å²) in [6, 6.07) is 10.5. The lowest BCUT2D eigenvalue weighted by Crippen LogP contribution is -2.41. The lowest BCUT2D eigenvalue weighted by atomic mass is 9.94. The molecule has 2 aromatic rings. The highest BCUT2D eigenvalue weighted by atomic mass is 79.9. The maximum absolute atomic E-state index is 13.8. The first kappa shape index (κ1) is 28.7. The molecule has 2 aromatic carbocycles. The van der Waals surface area contributed by atoms with Gasteiger partial charge in [-0.3, -0.25) is 24.8 Å². The number of hydrogen-bond donors (Lipinski definition) is 0. The summed E-state index contributed by atoms with van der Waals surface area (Å²) < 4.78 is 12.3. The number of halogens is 1. The largest absolute Gasteiger partial charge is 0.493 e. The molecule has 2 saturated carbocycles. The van der Waals surface area contributed by atoms with Crippen molar-refractivity contribution in [2.75, 3.05) is 7.11 Å². The molecule has 212 valence electrons. The number of methoxy groups -OCH3 is 1. The zero-order valence-electron chi connectivity index (χ0n) is 22.6. The number of non-ortho nitro benzene ring substituents is 1. The second kappa shape index (κ2) is 13.2. The molecule has 3 aliphatic rings. The van der Waals surface area contributed by atoms with Crippen molar-refractivity contribution in [2.45, 2.75) is 82.9 Å². The lowest BCUT2D eigenvalue weighted by molar-refractivity contribution is -0.384. The number of carbonyl (C=O) groups excluding carboxylic acids is 1. The molecule has 1 amide bonds. The first-order valence-electron chi connectivity index (χ1n) is 14.0. The summed E-state index contributed by atoms with van der Waals surface area (Å²) in [4.78, 5) is 32.2. The van der Waals surface area contributed by atoms with Gasteiger partial charge in [-0.05, 0) is 66.8 Å². The maximum atomic E-state index is 13.8. The molecule has 2 aliphatic carbocycles. The predicted octanol–water partition coefficient (Wildman–Crippen LogP) is 7.88. The van der Waals surface area contributed by atoms with Gasteiger partial charge >= 0.3 is 0 Å². The van der Waals surface area contributed by atoms with E-state index < -0.39 is 4.92 Å². The van der Waals surface area contributed by atoms with Crippen molar-refractivity contribution in [3.63, 3.8) is 0 Å². The topological polar surface area (TPSA) is 94.3 Å². The molecule has 3 fully saturated rings. The number of nitro groups is 1. The van der Waals surface area contributed by atoms with Crippen LogP contribution in [0.4, 0.5) is 5.69 Å². The number of nitro benzene ring substituents is 1. The Morgan fingerprint density at radius 2 is 1.80 bits per heavy atom. The van der Waals surface area contributed by atoms with Crippen molar-refractivity contribution in [3.8, 4) is 11.5 Å². The number of carbonyl (C=O) groups is 1. The summed E-state index contributed by atoms with van der Waals surface area (Å²) in [6.45, 7) is 0.149. The molecular formula is C30H34BrN3O5S. The Labute approximate surface area is 247 Å².